The highest BCUT2D eigenvalue weighted by Crippen LogP contribution is 2.71. The van der Waals surface area contributed by atoms with Crippen molar-refractivity contribution < 1.29 is 142 Å². The molecule has 13 N–H and O–H groups in total. The number of rotatable bonds is 14. The van der Waals surface area contributed by atoms with Crippen molar-refractivity contribution in [3.63, 3.8) is 0 Å². The van der Waals surface area contributed by atoms with Crippen molar-refractivity contribution in [3.8, 4) is 0 Å². The summed E-state index contributed by atoms with van der Waals surface area (Å²) in [5.74, 6) is -4.53. The molecule has 0 aromatic carbocycles. The molecular formula is C58H88O29. The molecule has 87 heavy (non-hydrogen) atoms. The minimum atomic E-state index is -2.15. The fraction of sp³-hybridized carbons (Fsp3) is 0.897. The van der Waals surface area contributed by atoms with Crippen LogP contribution in [0.5, 0.6) is 0 Å². The number of aliphatic hydroxyl groups is 13. The third-order valence-corrected chi connectivity index (χ3v) is 21.3. The van der Waals surface area contributed by atoms with Gasteiger partial charge in [-0.1, -0.05) is 32.1 Å². The van der Waals surface area contributed by atoms with E-state index in [1.807, 2.05) is 0 Å². The average Bonchev–Trinajstić information content (AvgIpc) is 1.58. The van der Waals surface area contributed by atoms with Crippen LogP contribution < -0.4 is 0 Å². The number of carbonyl (C=O) groups is 2. The zero-order chi connectivity index (χ0) is 62.7. The lowest BCUT2D eigenvalue weighted by molar-refractivity contribution is -0.387. The maximum absolute atomic E-state index is 12.7. The highest BCUT2D eigenvalue weighted by atomic mass is 16.8. The maximum Gasteiger partial charge on any atom is 0.303 e. The molecule has 4 aliphatic carbocycles. The van der Waals surface area contributed by atoms with Gasteiger partial charge in [0.05, 0.1) is 76.1 Å². The van der Waals surface area contributed by atoms with E-state index in [0.717, 1.165) is 12.5 Å². The first-order chi connectivity index (χ1) is 41.1. The summed E-state index contributed by atoms with van der Waals surface area (Å²) in [6.07, 6.45) is -32.1. The Labute approximate surface area is 501 Å². The molecule has 7 heterocycles. The normalized spacial score (nSPS) is 54.1. The van der Waals surface area contributed by atoms with Gasteiger partial charge in [-0.25, -0.2) is 0 Å². The number of fused-ring (bicyclic) bond motifs is 7. The maximum atomic E-state index is 12.7. The standard InChI is InChI=1S/C58H88O29/c1-21-15-78-58(48(71)43(21)83-51-41(69)39(67)37(65)22(2)79-51)31(16-74-24(4)60)36-34(87-58)14-30-28-9-8-26-12-27(62)13-35(56(26,7)29(28)10-11-55(30,36)6)82-53-47(45(33(64)18-76-53)84-50-40(68)38(66)32(63)17-75-50)86-52-42(70)46(44(23(3)80-52)81-25(5)61)85-54-49(72)57(73,19-59)20-77-54/h8,22-23,27-54,59,62-73H,1,9-20H2,2-7H3/t22-,23+,27-,28-,29+,30+,31+,32-,33+,34+,35-,36+,37+,38+,39+,40-,41-,42-,43+,44+,45+,46+,47-,48+,49+,50+,51+,52+,53+,54+,55+,56+,57-,58+/m1/s1. The molecular weight excluding hydrogens is 1160 g/mol. The Morgan fingerprint density at radius 1 is 0.690 bits per heavy atom. The summed E-state index contributed by atoms with van der Waals surface area (Å²) < 4.78 is 86.6. The van der Waals surface area contributed by atoms with Crippen molar-refractivity contribution >= 4 is 11.9 Å². The van der Waals surface area contributed by atoms with Crippen LogP contribution in [0, 0.1) is 40.4 Å². The molecule has 10 fully saturated rings. The van der Waals surface area contributed by atoms with E-state index in [1.54, 1.807) is 0 Å². The monoisotopic (exact) mass is 1250 g/mol. The van der Waals surface area contributed by atoms with Gasteiger partial charge in [-0.2, -0.15) is 0 Å². The Morgan fingerprint density at radius 2 is 1.36 bits per heavy atom. The second kappa shape index (κ2) is 25.0. The van der Waals surface area contributed by atoms with E-state index in [-0.39, 0.29) is 48.9 Å². The predicted octanol–water partition coefficient (Wildman–Crippen LogP) is -4.24. The lowest BCUT2D eigenvalue weighted by Gasteiger charge is -2.61. The van der Waals surface area contributed by atoms with Crippen molar-refractivity contribution in [1.82, 2.24) is 0 Å². The van der Waals surface area contributed by atoms with Crippen LogP contribution in [0.1, 0.15) is 80.1 Å². The third-order valence-electron chi connectivity index (χ3n) is 21.3. The Morgan fingerprint density at radius 3 is 2.06 bits per heavy atom. The molecule has 0 radical (unpaired) electrons. The molecule has 29 heteroatoms. The first-order valence-electron chi connectivity index (χ1n) is 30.3. The van der Waals surface area contributed by atoms with E-state index in [2.05, 4.69) is 26.5 Å². The summed E-state index contributed by atoms with van der Waals surface area (Å²) in [5.41, 5.74) is -2.31. The van der Waals surface area contributed by atoms with E-state index in [1.165, 1.54) is 20.8 Å². The fourth-order valence-electron chi connectivity index (χ4n) is 16.6. The lowest BCUT2D eigenvalue weighted by atomic mass is 9.46. The van der Waals surface area contributed by atoms with Gasteiger partial charge in [-0.05, 0) is 74.7 Å². The van der Waals surface area contributed by atoms with Crippen LogP contribution in [-0.2, 0) is 75.9 Å². The van der Waals surface area contributed by atoms with Gasteiger partial charge in [0.1, 0.15) is 91.1 Å². The van der Waals surface area contributed by atoms with Crippen molar-refractivity contribution in [1.29, 1.82) is 0 Å². The van der Waals surface area contributed by atoms with Gasteiger partial charge in [-0.15, -0.1) is 0 Å². The number of hydrogen-bond acceptors (Lipinski definition) is 29. The summed E-state index contributed by atoms with van der Waals surface area (Å²) in [4.78, 5) is 25.1. The molecule has 7 saturated heterocycles. The number of aliphatic hydroxyl groups excluding tert-OH is 12. The topological polar surface area (TPSA) is 426 Å². The molecule has 0 amide bonds. The Hall–Kier alpha value is -2.58. The zero-order valence-electron chi connectivity index (χ0n) is 49.4. The number of hydrogen-bond donors (Lipinski definition) is 13. The van der Waals surface area contributed by atoms with Crippen LogP contribution in [0.2, 0.25) is 0 Å². The van der Waals surface area contributed by atoms with E-state index in [9.17, 15) is 76.0 Å². The molecule has 0 bridgehead atoms. The van der Waals surface area contributed by atoms with Crippen molar-refractivity contribution in [2.45, 2.75) is 245 Å². The lowest BCUT2D eigenvalue weighted by Crippen LogP contribution is -2.66. The van der Waals surface area contributed by atoms with Crippen LogP contribution in [0.25, 0.3) is 0 Å². The van der Waals surface area contributed by atoms with Crippen molar-refractivity contribution in [2.75, 3.05) is 39.6 Å². The third kappa shape index (κ3) is 11.5. The predicted molar refractivity (Wildman–Crippen MR) is 285 cm³/mol. The fourth-order valence-corrected chi connectivity index (χ4v) is 16.6. The minimum Gasteiger partial charge on any atom is -0.465 e. The molecule has 11 aliphatic rings. The van der Waals surface area contributed by atoms with Gasteiger partial charge < -0.3 is 133 Å². The van der Waals surface area contributed by atoms with Crippen LogP contribution in [0.15, 0.2) is 23.8 Å². The van der Waals surface area contributed by atoms with E-state index in [0.29, 0.717) is 32.1 Å². The van der Waals surface area contributed by atoms with Gasteiger partial charge in [0.2, 0.25) is 5.79 Å². The van der Waals surface area contributed by atoms with Gasteiger partial charge in [-0.3, -0.25) is 9.59 Å². The number of allylic oxidation sites excluding steroid dienone is 1. The Balaban J connectivity index is 0.877. The highest BCUT2D eigenvalue weighted by molar-refractivity contribution is 5.66. The van der Waals surface area contributed by atoms with E-state index >= 15 is 0 Å². The number of ether oxygens (including phenoxy) is 14. The Bertz CT molecular complexity index is 2510. The first kappa shape index (κ1) is 65.9. The summed E-state index contributed by atoms with van der Waals surface area (Å²) in [6, 6.07) is 0. The zero-order valence-corrected chi connectivity index (χ0v) is 49.4. The van der Waals surface area contributed by atoms with Crippen LogP contribution in [0.3, 0.4) is 0 Å². The average molecular weight is 1250 g/mol. The largest absolute Gasteiger partial charge is 0.465 e. The molecule has 7 aliphatic heterocycles. The Kier molecular flexibility index (Phi) is 19.0. The van der Waals surface area contributed by atoms with Crippen LogP contribution in [-0.4, -0.2) is 283 Å². The number of esters is 2. The number of carbonyl (C=O) groups excluding carboxylic acids is 2. The summed E-state index contributed by atoms with van der Waals surface area (Å²) >= 11 is 0. The highest BCUT2D eigenvalue weighted by Gasteiger charge is 2.74. The molecule has 11 rings (SSSR count). The quantitative estimate of drug-likeness (QED) is 0.0579. The first-order valence-corrected chi connectivity index (χ1v) is 30.3. The van der Waals surface area contributed by atoms with Gasteiger partial charge in [0.25, 0.3) is 0 Å². The van der Waals surface area contributed by atoms with Crippen LogP contribution >= 0.6 is 0 Å². The SMILES string of the molecule is C=C1CO[C@@]2(O[C@H]3C[C@H]4[C@@H]5CC=C6C[C@@H](O)C[C@@H](O[C@@H]7OC[C@H](O)[C@H](O[C@@H]8OC[C@@H](O)[C@H](O)[C@H]8O)[C@H]7O[C@@H]7O[C@@H](C)[C@H](OC(C)=O)[C@@H](O[C@@H]8OC[C@](O)(CO)[C@H]8O)[C@H]7O)[C@]6(C)[C@H]5CC[C@]4(C)[C@H]3[C@@H]2COC(C)=O)[C@@H](O)[C@H]1O[C@@H]1O[C@H](C)[C@H](O)[C@H](O)[C@H]1O. The summed E-state index contributed by atoms with van der Waals surface area (Å²) in [6.45, 7) is 10.9. The summed E-state index contributed by atoms with van der Waals surface area (Å²) in [5, 5.41) is 144. The van der Waals surface area contributed by atoms with Gasteiger partial charge in [0, 0.05) is 31.6 Å². The molecule has 1 spiro atoms. The molecule has 34 atom stereocenters. The molecule has 29 nitrogen and oxygen atoms in total. The van der Waals surface area contributed by atoms with Crippen molar-refractivity contribution in [2.24, 2.45) is 40.4 Å². The second-order valence-corrected chi connectivity index (χ2v) is 26.5. The van der Waals surface area contributed by atoms with Crippen molar-refractivity contribution in [3.05, 3.63) is 23.8 Å². The molecule has 0 unspecified atom stereocenters. The van der Waals surface area contributed by atoms with E-state index in [4.69, 9.17) is 66.3 Å². The second-order valence-electron chi connectivity index (χ2n) is 26.5. The molecule has 494 valence electrons. The molecule has 0 aromatic heterocycles. The minimum absolute atomic E-state index is 0.0471. The molecule has 3 saturated carbocycles. The van der Waals surface area contributed by atoms with Crippen LogP contribution in [0.4, 0.5) is 0 Å². The molecule has 0 aromatic rings. The smallest absolute Gasteiger partial charge is 0.303 e. The van der Waals surface area contributed by atoms with E-state index < -0.39 is 220 Å². The van der Waals surface area contributed by atoms with Gasteiger partial charge >= 0.3 is 11.9 Å². The van der Waals surface area contributed by atoms with Gasteiger partial charge in [0.15, 0.2) is 37.6 Å². The summed E-state index contributed by atoms with van der Waals surface area (Å²) in [7, 11) is 0.